The molecule has 0 saturated carbocycles. The highest BCUT2D eigenvalue weighted by Crippen LogP contribution is 2.41. The zero-order valence-corrected chi connectivity index (χ0v) is 8.99. The fraction of sp³-hybridized carbons (Fsp3) is 0. The summed E-state index contributed by atoms with van der Waals surface area (Å²) >= 11 is 0. The van der Waals surface area contributed by atoms with Gasteiger partial charge in [-0.15, -0.1) is 0 Å². The highest BCUT2D eigenvalue weighted by atomic mass is 16.6. The first-order chi connectivity index (χ1) is 8.59. The van der Waals surface area contributed by atoms with E-state index in [0.717, 1.165) is 11.1 Å². The second-order valence-electron chi connectivity index (χ2n) is 3.95. The van der Waals surface area contributed by atoms with Gasteiger partial charge < -0.3 is 0 Å². The van der Waals surface area contributed by atoms with E-state index in [-0.39, 0.29) is 16.8 Å². The van der Waals surface area contributed by atoms with Crippen LogP contribution in [0.25, 0.3) is 22.9 Å². The SMILES string of the molecule is O=[N+]([O-])c1ccc2c3c(ccc([N+](=O)[O-])c13)C=C2. The third-order valence-corrected chi connectivity index (χ3v) is 3.02. The van der Waals surface area contributed by atoms with Gasteiger partial charge in [0.15, 0.2) is 0 Å². The number of rotatable bonds is 2. The average Bonchev–Trinajstić information content (AvgIpc) is 2.74. The molecule has 0 saturated heterocycles. The molecule has 0 aromatic heterocycles. The van der Waals surface area contributed by atoms with Crippen molar-refractivity contribution in [2.75, 3.05) is 0 Å². The van der Waals surface area contributed by atoms with Gasteiger partial charge in [-0.3, -0.25) is 20.2 Å². The molecule has 2 aromatic rings. The Hall–Kier alpha value is -2.76. The summed E-state index contributed by atoms with van der Waals surface area (Å²) in [6.07, 6.45) is 3.59. The normalized spacial score (nSPS) is 12.0. The molecule has 18 heavy (non-hydrogen) atoms. The molecule has 0 spiro atoms. The van der Waals surface area contributed by atoms with Crippen molar-refractivity contribution < 1.29 is 9.85 Å². The van der Waals surface area contributed by atoms with Crippen LogP contribution >= 0.6 is 0 Å². The fourth-order valence-corrected chi connectivity index (χ4v) is 2.28. The maximum Gasteiger partial charge on any atom is 0.284 e. The number of nitrogens with zero attached hydrogens (tertiary/aromatic N) is 2. The Morgan fingerprint density at radius 3 is 1.56 bits per heavy atom. The van der Waals surface area contributed by atoms with Crippen LogP contribution in [0.1, 0.15) is 11.1 Å². The van der Waals surface area contributed by atoms with E-state index in [0.29, 0.717) is 5.39 Å². The van der Waals surface area contributed by atoms with Crippen molar-refractivity contribution in [3.8, 4) is 0 Å². The third-order valence-electron chi connectivity index (χ3n) is 3.02. The van der Waals surface area contributed by atoms with E-state index in [2.05, 4.69) is 0 Å². The van der Waals surface area contributed by atoms with Gasteiger partial charge in [0.2, 0.25) is 0 Å². The number of non-ortho nitro benzene ring substituents is 2. The molecule has 0 N–H and O–H groups in total. The topological polar surface area (TPSA) is 86.3 Å². The summed E-state index contributed by atoms with van der Waals surface area (Å²) in [7, 11) is 0. The fourth-order valence-electron chi connectivity index (χ4n) is 2.28. The summed E-state index contributed by atoms with van der Waals surface area (Å²) in [6.45, 7) is 0. The van der Waals surface area contributed by atoms with Gasteiger partial charge >= 0.3 is 0 Å². The zero-order valence-electron chi connectivity index (χ0n) is 8.99. The van der Waals surface area contributed by atoms with Crippen LogP contribution in [0, 0.1) is 20.2 Å². The highest BCUT2D eigenvalue weighted by Gasteiger charge is 2.26. The molecule has 6 heteroatoms. The van der Waals surface area contributed by atoms with Crippen LogP contribution in [-0.4, -0.2) is 9.85 Å². The minimum absolute atomic E-state index is 0.102. The Morgan fingerprint density at radius 1 is 0.722 bits per heavy atom. The van der Waals surface area contributed by atoms with Gasteiger partial charge in [0, 0.05) is 17.5 Å². The summed E-state index contributed by atoms with van der Waals surface area (Å²) in [5.41, 5.74) is 1.08. The second kappa shape index (κ2) is 3.36. The van der Waals surface area contributed by atoms with Crippen LogP contribution in [0.15, 0.2) is 24.3 Å². The second-order valence-corrected chi connectivity index (χ2v) is 3.95. The zero-order chi connectivity index (χ0) is 12.9. The molecule has 0 aliphatic heterocycles. The van der Waals surface area contributed by atoms with Gasteiger partial charge in [-0.1, -0.05) is 12.2 Å². The summed E-state index contributed by atoms with van der Waals surface area (Å²) in [6, 6.07) is 5.84. The van der Waals surface area contributed by atoms with E-state index in [4.69, 9.17) is 0 Å². The molecule has 3 rings (SSSR count). The van der Waals surface area contributed by atoms with Crippen molar-refractivity contribution in [2.24, 2.45) is 0 Å². The van der Waals surface area contributed by atoms with Crippen LogP contribution in [0.4, 0.5) is 11.4 Å². The monoisotopic (exact) mass is 242 g/mol. The maximum atomic E-state index is 11.0. The quantitative estimate of drug-likeness (QED) is 0.510. The summed E-state index contributed by atoms with van der Waals surface area (Å²) in [4.78, 5) is 20.8. The average molecular weight is 242 g/mol. The molecule has 1 aliphatic carbocycles. The molecular formula is C12H6N2O4. The first-order valence-corrected chi connectivity index (χ1v) is 5.16. The lowest BCUT2D eigenvalue weighted by Crippen LogP contribution is -1.96. The van der Waals surface area contributed by atoms with Crippen LogP contribution < -0.4 is 0 Å². The number of benzene rings is 2. The lowest BCUT2D eigenvalue weighted by Gasteiger charge is -2.03. The Labute approximate surface area is 100 Å². The Morgan fingerprint density at radius 2 is 1.17 bits per heavy atom. The summed E-state index contributed by atoms with van der Waals surface area (Å²) in [5.74, 6) is 0. The largest absolute Gasteiger partial charge is 0.284 e. The third kappa shape index (κ3) is 1.22. The Bertz CT molecular complexity index is 691. The van der Waals surface area contributed by atoms with E-state index >= 15 is 0 Å². The van der Waals surface area contributed by atoms with Gasteiger partial charge in [-0.05, 0) is 23.3 Å². The molecular weight excluding hydrogens is 236 g/mol. The van der Waals surface area contributed by atoms with Crippen molar-refractivity contribution >= 4 is 34.3 Å². The van der Waals surface area contributed by atoms with Crippen LogP contribution in [0.3, 0.4) is 0 Å². The van der Waals surface area contributed by atoms with Crippen molar-refractivity contribution in [2.45, 2.75) is 0 Å². The smallest absolute Gasteiger partial charge is 0.258 e. The molecule has 0 bridgehead atoms. The summed E-state index contributed by atoms with van der Waals surface area (Å²) < 4.78 is 0. The lowest BCUT2D eigenvalue weighted by molar-refractivity contribution is -0.390. The van der Waals surface area contributed by atoms with E-state index in [1.54, 1.807) is 24.3 Å². The van der Waals surface area contributed by atoms with Crippen LogP contribution in [0.5, 0.6) is 0 Å². The van der Waals surface area contributed by atoms with Crippen molar-refractivity contribution in [1.29, 1.82) is 0 Å². The predicted octanol–water partition coefficient (Wildman–Crippen LogP) is 3.14. The lowest BCUT2D eigenvalue weighted by atomic mass is 10.0. The van der Waals surface area contributed by atoms with Crippen molar-refractivity contribution in [1.82, 2.24) is 0 Å². The minimum atomic E-state index is -0.589. The molecule has 0 unspecified atom stereocenters. The highest BCUT2D eigenvalue weighted by molar-refractivity contribution is 6.11. The van der Waals surface area contributed by atoms with Crippen LogP contribution in [0.2, 0.25) is 0 Å². The molecule has 0 heterocycles. The summed E-state index contributed by atoms with van der Waals surface area (Å²) in [5, 5.41) is 22.7. The minimum Gasteiger partial charge on any atom is -0.258 e. The van der Waals surface area contributed by atoms with Crippen molar-refractivity contribution in [3.05, 3.63) is 55.6 Å². The first-order valence-electron chi connectivity index (χ1n) is 5.16. The van der Waals surface area contributed by atoms with E-state index in [1.807, 2.05) is 0 Å². The maximum absolute atomic E-state index is 11.0. The standard InChI is InChI=1S/C12H6N2O4/c15-13(16)9-5-3-7-1-2-8-4-6-10(14(17)18)12(9)11(7)8/h1-6H. The molecule has 0 amide bonds. The van der Waals surface area contributed by atoms with Gasteiger partial charge in [0.1, 0.15) is 5.39 Å². The Kier molecular flexibility index (Phi) is 1.94. The molecule has 88 valence electrons. The Balaban J connectivity index is 2.55. The van der Waals surface area contributed by atoms with Crippen LogP contribution in [-0.2, 0) is 0 Å². The molecule has 0 fully saturated rings. The van der Waals surface area contributed by atoms with E-state index in [9.17, 15) is 20.2 Å². The number of nitro benzene ring substituents is 2. The van der Waals surface area contributed by atoms with Gasteiger partial charge in [-0.2, -0.15) is 0 Å². The number of hydrogen-bond acceptors (Lipinski definition) is 4. The molecule has 1 aliphatic rings. The van der Waals surface area contributed by atoms with E-state index < -0.39 is 9.85 Å². The van der Waals surface area contributed by atoms with Gasteiger partial charge in [-0.25, -0.2) is 0 Å². The molecule has 0 atom stereocenters. The van der Waals surface area contributed by atoms with Gasteiger partial charge in [0.05, 0.1) is 9.85 Å². The predicted molar refractivity (Wildman–Crippen MR) is 66.2 cm³/mol. The molecule has 6 nitrogen and oxygen atoms in total. The van der Waals surface area contributed by atoms with E-state index in [1.165, 1.54) is 12.1 Å². The van der Waals surface area contributed by atoms with Crippen molar-refractivity contribution in [3.63, 3.8) is 0 Å². The molecule has 2 aromatic carbocycles. The van der Waals surface area contributed by atoms with Gasteiger partial charge in [0.25, 0.3) is 11.4 Å². The molecule has 0 radical (unpaired) electrons. The number of hydrogen-bond donors (Lipinski definition) is 0. The first kappa shape index (κ1) is 10.4. The number of nitro groups is 2.